The molecule has 19 heavy (non-hydrogen) atoms. The highest BCUT2D eigenvalue weighted by molar-refractivity contribution is 9.10. The van der Waals surface area contributed by atoms with Gasteiger partial charge in [-0.1, -0.05) is 0 Å². The quantitative estimate of drug-likeness (QED) is 0.818. The Kier molecular flexibility index (Phi) is 4.85. The molecule has 0 saturated heterocycles. The zero-order valence-electron chi connectivity index (χ0n) is 12.2. The van der Waals surface area contributed by atoms with Crippen molar-refractivity contribution in [1.82, 2.24) is 0 Å². The number of benzene rings is 1. The number of ether oxygens (including phenoxy) is 2. The van der Waals surface area contributed by atoms with E-state index in [0.717, 1.165) is 21.5 Å². The predicted molar refractivity (Wildman–Crippen MR) is 80.1 cm³/mol. The number of carbonyl (C=O) groups is 1. The summed E-state index contributed by atoms with van der Waals surface area (Å²) >= 11 is 3.45. The van der Waals surface area contributed by atoms with E-state index in [2.05, 4.69) is 15.9 Å². The minimum absolute atomic E-state index is 0.399. The van der Waals surface area contributed by atoms with Crippen molar-refractivity contribution >= 4 is 27.7 Å². The zero-order valence-corrected chi connectivity index (χ0v) is 13.8. The Labute approximate surface area is 122 Å². The number of anilines is 1. The largest absolute Gasteiger partial charge is 0.496 e. The summed E-state index contributed by atoms with van der Waals surface area (Å²) in [4.78, 5) is 13.6. The van der Waals surface area contributed by atoms with Crippen molar-refractivity contribution < 1.29 is 14.3 Å². The lowest BCUT2D eigenvalue weighted by Gasteiger charge is -2.26. The Balaban J connectivity index is 3.12. The third-order valence-corrected chi connectivity index (χ3v) is 3.19. The molecule has 4 nitrogen and oxygen atoms in total. The van der Waals surface area contributed by atoms with Crippen LogP contribution >= 0.6 is 15.9 Å². The fourth-order valence-electron chi connectivity index (χ4n) is 1.70. The average molecular weight is 330 g/mol. The van der Waals surface area contributed by atoms with E-state index in [1.165, 1.54) is 4.90 Å². The topological polar surface area (TPSA) is 38.8 Å². The van der Waals surface area contributed by atoms with Crippen LogP contribution in [-0.2, 0) is 4.74 Å². The summed E-state index contributed by atoms with van der Waals surface area (Å²) in [6.45, 7) is 7.42. The van der Waals surface area contributed by atoms with E-state index < -0.39 is 11.7 Å². The summed E-state index contributed by atoms with van der Waals surface area (Å²) in [7, 11) is 3.29. The van der Waals surface area contributed by atoms with Gasteiger partial charge < -0.3 is 9.47 Å². The summed E-state index contributed by atoms with van der Waals surface area (Å²) in [6, 6.07) is 3.70. The van der Waals surface area contributed by atoms with E-state index >= 15 is 0 Å². The number of amides is 1. The van der Waals surface area contributed by atoms with Gasteiger partial charge in [-0.05, 0) is 55.8 Å². The van der Waals surface area contributed by atoms with Gasteiger partial charge in [0, 0.05) is 17.1 Å². The number of halogens is 1. The smallest absolute Gasteiger partial charge is 0.414 e. The van der Waals surface area contributed by atoms with Crippen molar-refractivity contribution in [2.24, 2.45) is 0 Å². The maximum Gasteiger partial charge on any atom is 0.414 e. The lowest BCUT2D eigenvalue weighted by Crippen LogP contribution is -2.34. The van der Waals surface area contributed by atoms with Crippen LogP contribution in [0.1, 0.15) is 26.3 Å². The van der Waals surface area contributed by atoms with Gasteiger partial charge in [0.15, 0.2) is 0 Å². The van der Waals surface area contributed by atoms with E-state index in [1.54, 1.807) is 14.2 Å². The first-order chi connectivity index (χ1) is 8.67. The Hall–Kier alpha value is -1.23. The van der Waals surface area contributed by atoms with Crippen molar-refractivity contribution in [2.45, 2.75) is 33.3 Å². The third kappa shape index (κ3) is 3.86. The summed E-state index contributed by atoms with van der Waals surface area (Å²) in [5.41, 5.74) is 1.10. The van der Waals surface area contributed by atoms with Crippen molar-refractivity contribution in [3.8, 4) is 5.75 Å². The minimum Gasteiger partial charge on any atom is -0.496 e. The first-order valence-corrected chi connectivity index (χ1v) is 6.76. The van der Waals surface area contributed by atoms with Gasteiger partial charge in [0.2, 0.25) is 0 Å². The van der Waals surface area contributed by atoms with Crippen LogP contribution in [0.2, 0.25) is 0 Å². The molecule has 0 aliphatic heterocycles. The molecule has 1 amide bonds. The molecule has 1 rings (SSSR count). The normalized spacial score (nSPS) is 11.1. The van der Waals surface area contributed by atoms with Crippen LogP contribution in [0.5, 0.6) is 5.75 Å². The Bertz CT molecular complexity index is 480. The van der Waals surface area contributed by atoms with E-state index in [1.807, 2.05) is 39.8 Å². The number of nitrogens with zero attached hydrogens (tertiary/aromatic N) is 1. The molecule has 0 aromatic heterocycles. The molecule has 0 saturated carbocycles. The predicted octanol–water partition coefficient (Wildman–Crippen LogP) is 4.14. The van der Waals surface area contributed by atoms with Crippen LogP contribution in [0, 0.1) is 6.92 Å². The van der Waals surface area contributed by atoms with Crippen LogP contribution in [0.3, 0.4) is 0 Å². The highest BCUT2D eigenvalue weighted by Gasteiger charge is 2.23. The van der Waals surface area contributed by atoms with Gasteiger partial charge in [0.05, 0.1) is 12.8 Å². The summed E-state index contributed by atoms with van der Waals surface area (Å²) in [5, 5.41) is 0. The Morgan fingerprint density at radius 1 is 1.32 bits per heavy atom. The zero-order chi connectivity index (χ0) is 14.8. The Morgan fingerprint density at radius 2 is 1.89 bits per heavy atom. The molecule has 0 unspecified atom stereocenters. The van der Waals surface area contributed by atoms with Gasteiger partial charge in [0.1, 0.15) is 11.4 Å². The number of hydrogen-bond donors (Lipinski definition) is 0. The van der Waals surface area contributed by atoms with E-state index in [4.69, 9.17) is 9.47 Å². The molecule has 0 atom stereocenters. The molecular weight excluding hydrogens is 310 g/mol. The molecule has 106 valence electrons. The number of methoxy groups -OCH3 is 1. The van der Waals surface area contributed by atoms with Crippen molar-refractivity contribution in [3.63, 3.8) is 0 Å². The van der Waals surface area contributed by atoms with Gasteiger partial charge in [-0.3, -0.25) is 4.90 Å². The van der Waals surface area contributed by atoms with Gasteiger partial charge >= 0.3 is 6.09 Å². The highest BCUT2D eigenvalue weighted by Crippen LogP contribution is 2.35. The molecule has 0 fully saturated rings. The van der Waals surface area contributed by atoms with Crippen molar-refractivity contribution in [3.05, 3.63) is 22.2 Å². The first kappa shape index (κ1) is 15.8. The molecule has 0 N–H and O–H groups in total. The van der Waals surface area contributed by atoms with Crippen LogP contribution < -0.4 is 9.64 Å². The highest BCUT2D eigenvalue weighted by atomic mass is 79.9. The standard InChI is InChI=1S/C14H20BrNO3/c1-9-11(18-6)8-7-10(15)12(9)16(5)13(17)19-14(2,3)4/h7-8H,1-6H3. The molecule has 5 heteroatoms. The second-order valence-electron chi connectivity index (χ2n) is 5.26. The van der Waals surface area contributed by atoms with Crippen LogP contribution in [0.25, 0.3) is 0 Å². The number of carbonyl (C=O) groups excluding carboxylic acids is 1. The van der Waals surface area contributed by atoms with E-state index in [0.29, 0.717) is 0 Å². The maximum absolute atomic E-state index is 12.1. The molecular formula is C14H20BrNO3. The van der Waals surface area contributed by atoms with Gasteiger partial charge in [0.25, 0.3) is 0 Å². The van der Waals surface area contributed by atoms with Gasteiger partial charge in [-0.25, -0.2) is 4.79 Å². The number of rotatable bonds is 2. The molecule has 0 radical (unpaired) electrons. The van der Waals surface area contributed by atoms with Crippen LogP contribution in [0.4, 0.5) is 10.5 Å². The van der Waals surface area contributed by atoms with Crippen LogP contribution in [-0.4, -0.2) is 25.9 Å². The second kappa shape index (κ2) is 5.82. The summed E-state index contributed by atoms with van der Waals surface area (Å²) in [5.74, 6) is 0.730. The summed E-state index contributed by atoms with van der Waals surface area (Å²) < 4.78 is 11.5. The first-order valence-electron chi connectivity index (χ1n) is 5.97. The molecule has 0 aliphatic carbocycles. The minimum atomic E-state index is -0.523. The number of hydrogen-bond acceptors (Lipinski definition) is 3. The van der Waals surface area contributed by atoms with Gasteiger partial charge in [-0.15, -0.1) is 0 Å². The second-order valence-corrected chi connectivity index (χ2v) is 6.12. The monoisotopic (exact) mass is 329 g/mol. The lowest BCUT2D eigenvalue weighted by molar-refractivity contribution is 0.0589. The molecule has 1 aromatic rings. The molecule has 1 aromatic carbocycles. The maximum atomic E-state index is 12.1. The lowest BCUT2D eigenvalue weighted by atomic mass is 10.1. The summed E-state index contributed by atoms with van der Waals surface area (Å²) in [6.07, 6.45) is -0.399. The SMILES string of the molecule is COc1ccc(Br)c(N(C)C(=O)OC(C)(C)C)c1C. The fourth-order valence-corrected chi connectivity index (χ4v) is 2.40. The van der Waals surface area contributed by atoms with Crippen molar-refractivity contribution in [2.75, 3.05) is 19.1 Å². The third-order valence-electron chi connectivity index (χ3n) is 2.55. The molecule has 0 bridgehead atoms. The Morgan fingerprint density at radius 3 is 2.37 bits per heavy atom. The van der Waals surface area contributed by atoms with E-state index in [9.17, 15) is 4.79 Å². The molecule has 0 aliphatic rings. The fraction of sp³-hybridized carbons (Fsp3) is 0.500. The molecule has 0 heterocycles. The molecule has 0 spiro atoms. The van der Waals surface area contributed by atoms with E-state index in [-0.39, 0.29) is 0 Å². The average Bonchev–Trinajstić information content (AvgIpc) is 2.26. The van der Waals surface area contributed by atoms with Crippen molar-refractivity contribution in [1.29, 1.82) is 0 Å². The van der Waals surface area contributed by atoms with Crippen LogP contribution in [0.15, 0.2) is 16.6 Å². The van der Waals surface area contributed by atoms with Gasteiger partial charge in [-0.2, -0.15) is 0 Å².